The van der Waals surface area contributed by atoms with Crippen LogP contribution >= 0.6 is 11.6 Å². The van der Waals surface area contributed by atoms with Crippen LogP contribution in [0.1, 0.15) is 61.5 Å². The summed E-state index contributed by atoms with van der Waals surface area (Å²) in [5.74, 6) is 1.53. The average Bonchev–Trinajstić information content (AvgIpc) is 3.77. The number of likely N-dealkylation sites (tertiary alicyclic amines) is 2. The summed E-state index contributed by atoms with van der Waals surface area (Å²) in [5.41, 5.74) is 3.53. The summed E-state index contributed by atoms with van der Waals surface area (Å²) in [6.07, 6.45) is 6.32. The maximum Gasteiger partial charge on any atom is 0.227 e. The Morgan fingerprint density at radius 1 is 0.875 bits per heavy atom. The van der Waals surface area contributed by atoms with Gasteiger partial charge < -0.3 is 29.3 Å². The largest absolute Gasteiger partial charge is 0.497 e. The van der Waals surface area contributed by atoms with E-state index in [2.05, 4.69) is 44.3 Å². The second-order valence-corrected chi connectivity index (χ2v) is 14.7. The normalized spacial score (nSPS) is 28.5. The first kappa shape index (κ1) is 35.0. The van der Waals surface area contributed by atoms with Crippen molar-refractivity contribution in [3.8, 4) is 5.75 Å². The minimum absolute atomic E-state index is 0.0364. The highest BCUT2D eigenvalue weighted by molar-refractivity contribution is 6.30. The number of carbonyl (C=O) groups excluding carboxylic acids is 2. The molecule has 6 rings (SSSR count). The zero-order valence-electron chi connectivity index (χ0n) is 29.0. The van der Waals surface area contributed by atoms with Crippen molar-refractivity contribution in [1.29, 1.82) is 0 Å². The summed E-state index contributed by atoms with van der Waals surface area (Å²) in [4.78, 5) is 34.1. The molecular formula is C38H53ClN4O5. The van der Waals surface area contributed by atoms with Crippen LogP contribution in [0, 0.1) is 17.8 Å². The lowest BCUT2D eigenvalue weighted by molar-refractivity contribution is -0.134. The smallest absolute Gasteiger partial charge is 0.227 e. The van der Waals surface area contributed by atoms with E-state index in [0.29, 0.717) is 36.9 Å². The van der Waals surface area contributed by atoms with E-state index in [1.807, 2.05) is 25.3 Å². The number of piperidine rings is 1. The van der Waals surface area contributed by atoms with Gasteiger partial charge in [-0.3, -0.25) is 14.5 Å². The SMILES string of the molecule is CNC(=O)C1CCN(c2cc(Cl)ccc2[C@H]2CN(C(=O)[C@@H]3CN([C@H]4CC[C@H](OC)CC4)C[C@H]3c3ccc(OC)cc3)C[C@@H]2COC)CC1. The van der Waals surface area contributed by atoms with Crippen LogP contribution in [0.25, 0.3) is 0 Å². The second kappa shape index (κ2) is 15.8. The first-order chi connectivity index (χ1) is 23.3. The van der Waals surface area contributed by atoms with Crippen molar-refractivity contribution in [1.82, 2.24) is 15.1 Å². The molecule has 262 valence electrons. The summed E-state index contributed by atoms with van der Waals surface area (Å²) in [5, 5.41) is 3.51. The average molecular weight is 681 g/mol. The fourth-order valence-corrected chi connectivity index (χ4v) is 9.10. The van der Waals surface area contributed by atoms with Gasteiger partial charge in [0.05, 0.1) is 25.7 Å². The molecule has 4 atom stereocenters. The van der Waals surface area contributed by atoms with Gasteiger partial charge in [0, 0.05) is 101 Å². The number of halogens is 1. The van der Waals surface area contributed by atoms with Crippen molar-refractivity contribution >= 4 is 29.1 Å². The van der Waals surface area contributed by atoms with E-state index in [1.165, 1.54) is 11.1 Å². The number of nitrogens with zero attached hydrogens (tertiary/aromatic N) is 3. The van der Waals surface area contributed by atoms with E-state index in [9.17, 15) is 9.59 Å². The zero-order valence-corrected chi connectivity index (χ0v) is 29.8. The predicted octanol–water partition coefficient (Wildman–Crippen LogP) is 5.17. The molecule has 4 aliphatic rings. The molecule has 1 saturated carbocycles. The van der Waals surface area contributed by atoms with Crippen molar-refractivity contribution < 1.29 is 23.8 Å². The maximum atomic E-state index is 14.7. The number of ether oxygens (including phenoxy) is 3. The summed E-state index contributed by atoms with van der Waals surface area (Å²) in [6, 6.07) is 15.0. The van der Waals surface area contributed by atoms with Crippen molar-refractivity contribution in [2.24, 2.45) is 17.8 Å². The van der Waals surface area contributed by atoms with Crippen LogP contribution < -0.4 is 15.0 Å². The lowest BCUT2D eigenvalue weighted by Crippen LogP contribution is -2.40. The minimum atomic E-state index is -0.117. The van der Waals surface area contributed by atoms with Gasteiger partial charge >= 0.3 is 0 Å². The van der Waals surface area contributed by atoms with Gasteiger partial charge in [0.2, 0.25) is 11.8 Å². The van der Waals surface area contributed by atoms with Gasteiger partial charge in [0.25, 0.3) is 0 Å². The third-order valence-electron chi connectivity index (χ3n) is 11.7. The molecule has 0 radical (unpaired) electrons. The molecule has 2 aromatic rings. The summed E-state index contributed by atoms with van der Waals surface area (Å²) in [6.45, 7) is 5.16. The van der Waals surface area contributed by atoms with E-state index < -0.39 is 0 Å². The molecule has 9 nitrogen and oxygen atoms in total. The van der Waals surface area contributed by atoms with E-state index in [-0.39, 0.29) is 41.4 Å². The van der Waals surface area contributed by atoms with Crippen LogP contribution in [0.15, 0.2) is 42.5 Å². The number of anilines is 1. The molecule has 0 aromatic heterocycles. The first-order valence-corrected chi connectivity index (χ1v) is 18.2. The van der Waals surface area contributed by atoms with Gasteiger partial charge in [-0.15, -0.1) is 0 Å². The van der Waals surface area contributed by atoms with Crippen molar-refractivity contribution in [2.45, 2.75) is 62.5 Å². The number of nitrogens with one attached hydrogen (secondary N) is 1. The van der Waals surface area contributed by atoms with E-state index in [4.69, 9.17) is 25.8 Å². The first-order valence-electron chi connectivity index (χ1n) is 17.8. The van der Waals surface area contributed by atoms with Crippen molar-refractivity contribution in [3.05, 3.63) is 58.6 Å². The van der Waals surface area contributed by atoms with Crippen LogP contribution in [0.4, 0.5) is 5.69 Å². The van der Waals surface area contributed by atoms with E-state index in [1.54, 1.807) is 21.3 Å². The molecule has 48 heavy (non-hydrogen) atoms. The molecular weight excluding hydrogens is 628 g/mol. The Hall–Kier alpha value is -2.85. The molecule has 0 unspecified atom stereocenters. The van der Waals surface area contributed by atoms with Crippen molar-refractivity contribution in [3.63, 3.8) is 0 Å². The molecule has 3 heterocycles. The predicted molar refractivity (Wildman–Crippen MR) is 189 cm³/mol. The van der Waals surface area contributed by atoms with Crippen LogP contribution in [-0.4, -0.2) is 108 Å². The fraction of sp³-hybridized carbons (Fsp3) is 0.632. The van der Waals surface area contributed by atoms with Crippen LogP contribution in [0.3, 0.4) is 0 Å². The number of carbonyl (C=O) groups is 2. The number of hydrogen-bond acceptors (Lipinski definition) is 7. The molecule has 0 bridgehead atoms. The molecule has 2 amide bonds. The Bertz CT molecular complexity index is 1390. The molecule has 1 aliphatic carbocycles. The topological polar surface area (TPSA) is 83.6 Å². The van der Waals surface area contributed by atoms with Gasteiger partial charge in [-0.05, 0) is 73.9 Å². The summed E-state index contributed by atoms with van der Waals surface area (Å²) < 4.78 is 16.9. The van der Waals surface area contributed by atoms with Crippen molar-refractivity contribution in [2.75, 3.05) is 79.2 Å². The maximum absolute atomic E-state index is 14.7. The van der Waals surface area contributed by atoms with Gasteiger partial charge in [0.15, 0.2) is 0 Å². The standard InChI is InChI=1S/C38H53ClN4O5/c1-40-37(44)26-15-17-41(18-16-26)36-19-28(39)7-14-32(36)34-22-43(20-27(34)24-46-2)38(45)35-23-42(29-8-12-31(48-4)13-9-29)21-33(35)25-5-10-30(47-3)11-6-25/h5-7,10-11,14,19,26-27,29,31,33-35H,8-9,12-13,15-18,20-24H2,1-4H3,(H,40,44)/t27-,29-,31-,33+,34+,35-/m1/s1. The molecule has 10 heteroatoms. The molecule has 3 aliphatic heterocycles. The highest BCUT2D eigenvalue weighted by atomic mass is 35.5. The number of hydrogen-bond donors (Lipinski definition) is 1. The third kappa shape index (κ3) is 7.49. The van der Waals surface area contributed by atoms with Gasteiger partial charge in [0.1, 0.15) is 5.75 Å². The Morgan fingerprint density at radius 2 is 1.60 bits per heavy atom. The molecule has 4 fully saturated rings. The van der Waals surface area contributed by atoms with E-state index in [0.717, 1.165) is 76.1 Å². The summed E-state index contributed by atoms with van der Waals surface area (Å²) in [7, 11) is 6.97. The summed E-state index contributed by atoms with van der Waals surface area (Å²) >= 11 is 6.59. The van der Waals surface area contributed by atoms with Gasteiger partial charge in [-0.2, -0.15) is 0 Å². The highest BCUT2D eigenvalue weighted by Crippen LogP contribution is 2.43. The number of methoxy groups -OCH3 is 3. The van der Waals surface area contributed by atoms with Gasteiger partial charge in [-0.1, -0.05) is 29.8 Å². The minimum Gasteiger partial charge on any atom is -0.497 e. The lowest BCUT2D eigenvalue weighted by Gasteiger charge is -2.35. The monoisotopic (exact) mass is 680 g/mol. The Morgan fingerprint density at radius 3 is 2.25 bits per heavy atom. The molecule has 2 aromatic carbocycles. The fourth-order valence-electron chi connectivity index (χ4n) is 8.93. The third-order valence-corrected chi connectivity index (χ3v) is 11.9. The Balaban J connectivity index is 1.23. The quantitative estimate of drug-likeness (QED) is 0.371. The highest BCUT2D eigenvalue weighted by Gasteiger charge is 2.46. The molecule has 1 N–H and O–H groups in total. The Labute approximate surface area is 291 Å². The zero-order chi connectivity index (χ0) is 33.8. The number of benzene rings is 2. The van der Waals surface area contributed by atoms with Crippen LogP contribution in [-0.2, 0) is 19.1 Å². The van der Waals surface area contributed by atoms with Crippen LogP contribution in [0.5, 0.6) is 5.75 Å². The second-order valence-electron chi connectivity index (χ2n) is 14.3. The Kier molecular flexibility index (Phi) is 11.5. The lowest BCUT2D eigenvalue weighted by atomic mass is 9.87. The van der Waals surface area contributed by atoms with Crippen LogP contribution in [0.2, 0.25) is 5.02 Å². The van der Waals surface area contributed by atoms with E-state index >= 15 is 0 Å². The number of rotatable bonds is 10. The van der Waals surface area contributed by atoms with Gasteiger partial charge in [-0.25, -0.2) is 0 Å². The number of amides is 2. The molecule has 3 saturated heterocycles. The molecule has 0 spiro atoms.